The standard InChI is InChI=1S/C16H18FN3O3S2/c1-11-14(24-15(18-11)12-3-5-13(17)6-4-12)16(21)19-7-9-20(10-8-19)25(2,22)23/h3-6H,7-10H2,1-2H3. The largest absolute Gasteiger partial charge is 0.335 e. The van der Waals surface area contributed by atoms with Crippen molar-refractivity contribution >= 4 is 27.3 Å². The molecule has 3 rings (SSSR count). The highest BCUT2D eigenvalue weighted by atomic mass is 32.2. The van der Waals surface area contributed by atoms with Gasteiger partial charge in [0.15, 0.2) is 0 Å². The third kappa shape index (κ3) is 3.88. The number of hydrogen-bond donors (Lipinski definition) is 0. The molecule has 0 saturated carbocycles. The van der Waals surface area contributed by atoms with Gasteiger partial charge in [-0.1, -0.05) is 0 Å². The normalized spacial score (nSPS) is 16.2. The first-order chi connectivity index (χ1) is 11.8. The molecule has 0 radical (unpaired) electrons. The molecule has 0 unspecified atom stereocenters. The Balaban J connectivity index is 1.76. The molecule has 1 saturated heterocycles. The summed E-state index contributed by atoms with van der Waals surface area (Å²) in [5, 5.41) is 0.663. The number of sulfonamides is 1. The highest BCUT2D eigenvalue weighted by Gasteiger charge is 2.28. The smallest absolute Gasteiger partial charge is 0.265 e. The Labute approximate surface area is 150 Å². The van der Waals surface area contributed by atoms with Crippen molar-refractivity contribution in [3.8, 4) is 10.6 Å². The van der Waals surface area contributed by atoms with E-state index in [-0.39, 0.29) is 11.7 Å². The molecule has 1 aliphatic heterocycles. The third-order valence-electron chi connectivity index (χ3n) is 4.08. The van der Waals surface area contributed by atoms with E-state index in [0.717, 1.165) is 5.56 Å². The van der Waals surface area contributed by atoms with Crippen LogP contribution in [0, 0.1) is 12.7 Å². The molecular formula is C16H18FN3O3S2. The molecule has 1 aromatic carbocycles. The maximum atomic E-state index is 13.0. The van der Waals surface area contributed by atoms with Crippen molar-refractivity contribution < 1.29 is 17.6 Å². The fourth-order valence-electron chi connectivity index (χ4n) is 2.68. The van der Waals surface area contributed by atoms with E-state index in [1.165, 1.54) is 34.0 Å². The number of carbonyl (C=O) groups is 1. The lowest BCUT2D eigenvalue weighted by molar-refractivity contribution is 0.0702. The average Bonchev–Trinajstić information content (AvgIpc) is 2.96. The van der Waals surface area contributed by atoms with Gasteiger partial charge < -0.3 is 4.90 Å². The summed E-state index contributed by atoms with van der Waals surface area (Å²) < 4.78 is 37.5. The van der Waals surface area contributed by atoms with Crippen molar-refractivity contribution in [2.75, 3.05) is 32.4 Å². The molecule has 0 bridgehead atoms. The van der Waals surface area contributed by atoms with E-state index in [1.54, 1.807) is 24.0 Å². The fraction of sp³-hybridized carbons (Fsp3) is 0.375. The fourth-order valence-corrected chi connectivity index (χ4v) is 4.54. The van der Waals surface area contributed by atoms with Crippen molar-refractivity contribution in [2.45, 2.75) is 6.92 Å². The summed E-state index contributed by atoms with van der Waals surface area (Å²) in [4.78, 5) is 19.4. The number of halogens is 1. The van der Waals surface area contributed by atoms with E-state index in [4.69, 9.17) is 0 Å². The van der Waals surface area contributed by atoms with Gasteiger partial charge in [0.25, 0.3) is 5.91 Å². The van der Waals surface area contributed by atoms with Crippen LogP contribution in [-0.2, 0) is 10.0 Å². The molecular weight excluding hydrogens is 365 g/mol. The Hall–Kier alpha value is -1.84. The highest BCUT2D eigenvalue weighted by molar-refractivity contribution is 7.88. The first-order valence-electron chi connectivity index (χ1n) is 7.73. The Bertz CT molecular complexity index is 886. The minimum Gasteiger partial charge on any atom is -0.335 e. The van der Waals surface area contributed by atoms with Gasteiger partial charge in [-0.25, -0.2) is 17.8 Å². The molecule has 0 spiro atoms. The molecule has 2 aromatic rings. The van der Waals surface area contributed by atoms with Crippen LogP contribution in [0.2, 0.25) is 0 Å². The molecule has 1 fully saturated rings. The number of thiazole rings is 1. The number of rotatable bonds is 3. The van der Waals surface area contributed by atoms with Crippen LogP contribution in [0.1, 0.15) is 15.4 Å². The molecule has 9 heteroatoms. The number of amides is 1. The Morgan fingerprint density at radius 3 is 2.32 bits per heavy atom. The van der Waals surface area contributed by atoms with Crippen molar-refractivity contribution in [2.24, 2.45) is 0 Å². The van der Waals surface area contributed by atoms with Gasteiger partial charge in [-0.3, -0.25) is 4.79 Å². The van der Waals surface area contributed by atoms with Crippen molar-refractivity contribution in [1.29, 1.82) is 0 Å². The van der Waals surface area contributed by atoms with E-state index in [9.17, 15) is 17.6 Å². The molecule has 0 atom stereocenters. The molecule has 0 N–H and O–H groups in total. The minimum absolute atomic E-state index is 0.142. The number of benzene rings is 1. The number of aromatic nitrogens is 1. The SMILES string of the molecule is Cc1nc(-c2ccc(F)cc2)sc1C(=O)N1CCN(S(C)(=O)=O)CC1. The van der Waals surface area contributed by atoms with Gasteiger partial charge in [0, 0.05) is 31.7 Å². The molecule has 6 nitrogen and oxygen atoms in total. The van der Waals surface area contributed by atoms with Gasteiger partial charge in [0.1, 0.15) is 15.7 Å². The lowest BCUT2D eigenvalue weighted by Crippen LogP contribution is -2.50. The topological polar surface area (TPSA) is 70.6 Å². The van der Waals surface area contributed by atoms with Crippen LogP contribution in [0.3, 0.4) is 0 Å². The zero-order valence-corrected chi connectivity index (χ0v) is 15.5. The Morgan fingerprint density at radius 1 is 1.16 bits per heavy atom. The van der Waals surface area contributed by atoms with E-state index < -0.39 is 10.0 Å². The zero-order chi connectivity index (χ0) is 18.2. The van der Waals surface area contributed by atoms with Gasteiger partial charge in [0.05, 0.1) is 11.9 Å². The summed E-state index contributed by atoms with van der Waals surface area (Å²) in [6.45, 7) is 3.08. The van der Waals surface area contributed by atoms with Gasteiger partial charge in [-0.2, -0.15) is 4.31 Å². The van der Waals surface area contributed by atoms with Crippen molar-refractivity contribution in [1.82, 2.24) is 14.2 Å². The number of aryl methyl sites for hydroxylation is 1. The molecule has 1 amide bonds. The van der Waals surface area contributed by atoms with Crippen LogP contribution in [-0.4, -0.2) is 60.9 Å². The van der Waals surface area contributed by atoms with E-state index in [1.807, 2.05) is 0 Å². The monoisotopic (exact) mass is 383 g/mol. The lowest BCUT2D eigenvalue weighted by atomic mass is 10.2. The lowest BCUT2D eigenvalue weighted by Gasteiger charge is -2.33. The maximum absolute atomic E-state index is 13.0. The van der Waals surface area contributed by atoms with Crippen LogP contribution >= 0.6 is 11.3 Å². The second-order valence-electron chi connectivity index (χ2n) is 5.89. The average molecular weight is 383 g/mol. The molecule has 1 aromatic heterocycles. The predicted molar refractivity (Wildman–Crippen MR) is 94.6 cm³/mol. The van der Waals surface area contributed by atoms with Gasteiger partial charge in [0.2, 0.25) is 10.0 Å². The van der Waals surface area contributed by atoms with E-state index in [2.05, 4.69) is 4.98 Å². The first kappa shape index (κ1) is 18.0. The first-order valence-corrected chi connectivity index (χ1v) is 10.4. The maximum Gasteiger partial charge on any atom is 0.265 e. The van der Waals surface area contributed by atoms with Crippen LogP contribution in [0.5, 0.6) is 0 Å². The molecule has 1 aliphatic rings. The zero-order valence-electron chi connectivity index (χ0n) is 13.9. The third-order valence-corrected chi connectivity index (χ3v) is 6.57. The Morgan fingerprint density at radius 2 is 1.76 bits per heavy atom. The summed E-state index contributed by atoms with van der Waals surface area (Å²) in [5.41, 5.74) is 1.38. The number of hydrogen-bond acceptors (Lipinski definition) is 5. The predicted octanol–water partition coefficient (Wildman–Crippen LogP) is 1.98. The summed E-state index contributed by atoms with van der Waals surface area (Å²) >= 11 is 1.27. The van der Waals surface area contributed by atoms with Crippen LogP contribution in [0.15, 0.2) is 24.3 Å². The van der Waals surface area contributed by atoms with E-state index >= 15 is 0 Å². The van der Waals surface area contributed by atoms with E-state index in [0.29, 0.717) is 41.8 Å². The van der Waals surface area contributed by atoms with Crippen LogP contribution in [0.4, 0.5) is 4.39 Å². The van der Waals surface area contributed by atoms with Crippen LogP contribution in [0.25, 0.3) is 10.6 Å². The van der Waals surface area contributed by atoms with Crippen LogP contribution < -0.4 is 0 Å². The molecule has 134 valence electrons. The van der Waals surface area contributed by atoms with Gasteiger partial charge in [-0.15, -0.1) is 11.3 Å². The number of carbonyl (C=O) groups excluding carboxylic acids is 1. The van der Waals surface area contributed by atoms with Crippen molar-refractivity contribution in [3.63, 3.8) is 0 Å². The van der Waals surface area contributed by atoms with Gasteiger partial charge >= 0.3 is 0 Å². The second kappa shape index (κ2) is 6.81. The number of nitrogens with zero attached hydrogens (tertiary/aromatic N) is 3. The quantitative estimate of drug-likeness (QED) is 0.813. The summed E-state index contributed by atoms with van der Waals surface area (Å²) in [7, 11) is -3.23. The van der Waals surface area contributed by atoms with Gasteiger partial charge in [-0.05, 0) is 31.2 Å². The molecule has 2 heterocycles. The highest BCUT2D eigenvalue weighted by Crippen LogP contribution is 2.29. The minimum atomic E-state index is -3.23. The second-order valence-corrected chi connectivity index (χ2v) is 8.88. The molecule has 25 heavy (non-hydrogen) atoms. The summed E-state index contributed by atoms with van der Waals surface area (Å²) in [6, 6.07) is 5.98. The number of piperazine rings is 1. The van der Waals surface area contributed by atoms with Crippen molar-refractivity contribution in [3.05, 3.63) is 40.7 Å². The summed E-state index contributed by atoms with van der Waals surface area (Å²) in [5.74, 6) is -0.464. The Kier molecular flexibility index (Phi) is 4.90. The molecule has 0 aliphatic carbocycles. The summed E-state index contributed by atoms with van der Waals surface area (Å²) in [6.07, 6.45) is 1.17.